The van der Waals surface area contributed by atoms with E-state index in [0.29, 0.717) is 26.3 Å². The van der Waals surface area contributed by atoms with Crippen LogP contribution in [0.5, 0.6) is 0 Å². The molecule has 0 aromatic rings. The van der Waals surface area contributed by atoms with Gasteiger partial charge in [0.25, 0.3) is 0 Å². The number of rotatable bonds is 11. The van der Waals surface area contributed by atoms with Crippen LogP contribution < -0.4 is 10.6 Å². The van der Waals surface area contributed by atoms with Gasteiger partial charge >= 0.3 is 0 Å². The van der Waals surface area contributed by atoms with E-state index in [1.54, 1.807) is 7.11 Å². The standard InChI is InChI=1S/C11H24N2O3/c1-3-5-13-11(14)10-12-6-9-16-8-4-7-15-2/h12H,3-10H2,1-2H3,(H,13,14). The van der Waals surface area contributed by atoms with Crippen LogP contribution in [-0.2, 0) is 14.3 Å². The van der Waals surface area contributed by atoms with Crippen LogP contribution in [0.2, 0.25) is 0 Å². The van der Waals surface area contributed by atoms with Gasteiger partial charge in [-0.1, -0.05) is 6.92 Å². The Bertz CT molecular complexity index is 165. The Morgan fingerprint density at radius 1 is 1.19 bits per heavy atom. The van der Waals surface area contributed by atoms with E-state index >= 15 is 0 Å². The van der Waals surface area contributed by atoms with E-state index in [1.807, 2.05) is 6.92 Å². The number of hydrogen-bond acceptors (Lipinski definition) is 4. The zero-order valence-corrected chi connectivity index (χ0v) is 10.4. The van der Waals surface area contributed by atoms with Crippen LogP contribution in [0.3, 0.4) is 0 Å². The molecule has 5 heteroatoms. The van der Waals surface area contributed by atoms with Gasteiger partial charge in [-0.05, 0) is 12.8 Å². The fourth-order valence-electron chi connectivity index (χ4n) is 1.08. The lowest BCUT2D eigenvalue weighted by atomic mass is 10.4. The van der Waals surface area contributed by atoms with Gasteiger partial charge in [0.05, 0.1) is 13.2 Å². The zero-order chi connectivity index (χ0) is 12.1. The van der Waals surface area contributed by atoms with Crippen molar-refractivity contribution in [2.24, 2.45) is 0 Å². The lowest BCUT2D eigenvalue weighted by molar-refractivity contribution is -0.120. The Morgan fingerprint density at radius 3 is 2.69 bits per heavy atom. The van der Waals surface area contributed by atoms with Gasteiger partial charge in [-0.15, -0.1) is 0 Å². The molecular formula is C11H24N2O3. The summed E-state index contributed by atoms with van der Waals surface area (Å²) in [6.45, 7) is 5.90. The molecule has 0 spiro atoms. The third-order valence-corrected chi connectivity index (χ3v) is 1.92. The molecule has 96 valence electrons. The highest BCUT2D eigenvalue weighted by Crippen LogP contribution is 1.82. The average molecular weight is 232 g/mol. The van der Waals surface area contributed by atoms with E-state index in [9.17, 15) is 4.79 Å². The second-order valence-electron chi connectivity index (χ2n) is 3.49. The fraction of sp³-hybridized carbons (Fsp3) is 0.909. The highest BCUT2D eigenvalue weighted by molar-refractivity contribution is 5.77. The predicted molar refractivity (Wildman–Crippen MR) is 63.5 cm³/mol. The second kappa shape index (κ2) is 12.4. The molecule has 0 heterocycles. The third kappa shape index (κ3) is 11.4. The quantitative estimate of drug-likeness (QED) is 0.498. The van der Waals surface area contributed by atoms with Crippen LogP contribution >= 0.6 is 0 Å². The van der Waals surface area contributed by atoms with Crippen molar-refractivity contribution in [1.29, 1.82) is 0 Å². The smallest absolute Gasteiger partial charge is 0.233 e. The van der Waals surface area contributed by atoms with Crippen molar-refractivity contribution in [3.8, 4) is 0 Å². The van der Waals surface area contributed by atoms with Crippen LogP contribution in [0.4, 0.5) is 0 Å². The van der Waals surface area contributed by atoms with Gasteiger partial charge in [0.1, 0.15) is 0 Å². The van der Waals surface area contributed by atoms with Crippen LogP contribution in [0.25, 0.3) is 0 Å². The molecule has 0 saturated heterocycles. The van der Waals surface area contributed by atoms with Crippen LogP contribution in [0, 0.1) is 0 Å². The molecular weight excluding hydrogens is 208 g/mol. The molecule has 0 rings (SSSR count). The molecule has 0 aromatic heterocycles. The fourth-order valence-corrected chi connectivity index (χ4v) is 1.08. The maximum Gasteiger partial charge on any atom is 0.233 e. The Balaban J connectivity index is 3.05. The lowest BCUT2D eigenvalue weighted by Gasteiger charge is -2.06. The van der Waals surface area contributed by atoms with E-state index in [-0.39, 0.29) is 5.91 Å². The number of methoxy groups -OCH3 is 1. The Labute approximate surface area is 97.9 Å². The summed E-state index contributed by atoms with van der Waals surface area (Å²) in [6, 6.07) is 0. The van der Waals surface area contributed by atoms with Gasteiger partial charge in [-0.2, -0.15) is 0 Å². The molecule has 1 amide bonds. The summed E-state index contributed by atoms with van der Waals surface area (Å²) in [5.74, 6) is 0.0428. The summed E-state index contributed by atoms with van der Waals surface area (Å²) >= 11 is 0. The van der Waals surface area contributed by atoms with Gasteiger partial charge in [-0.3, -0.25) is 4.79 Å². The van der Waals surface area contributed by atoms with Crippen molar-refractivity contribution in [2.45, 2.75) is 19.8 Å². The number of hydrogen-bond donors (Lipinski definition) is 2. The maximum absolute atomic E-state index is 11.1. The highest BCUT2D eigenvalue weighted by Gasteiger charge is 1.97. The molecule has 0 fully saturated rings. The average Bonchev–Trinajstić information content (AvgIpc) is 2.30. The molecule has 0 aliphatic carbocycles. The van der Waals surface area contributed by atoms with Gasteiger partial charge in [0, 0.05) is 33.4 Å². The van der Waals surface area contributed by atoms with Crippen molar-refractivity contribution in [3.05, 3.63) is 0 Å². The third-order valence-electron chi connectivity index (χ3n) is 1.92. The van der Waals surface area contributed by atoms with E-state index < -0.39 is 0 Å². The van der Waals surface area contributed by atoms with Gasteiger partial charge in [0.15, 0.2) is 0 Å². The first kappa shape index (κ1) is 15.3. The van der Waals surface area contributed by atoms with Crippen molar-refractivity contribution in [3.63, 3.8) is 0 Å². The topological polar surface area (TPSA) is 59.6 Å². The number of carbonyl (C=O) groups is 1. The number of nitrogens with one attached hydrogen (secondary N) is 2. The Hall–Kier alpha value is -0.650. The summed E-state index contributed by atoms with van der Waals surface area (Å²) < 4.78 is 10.2. The summed E-state index contributed by atoms with van der Waals surface area (Å²) in [5.41, 5.74) is 0. The van der Waals surface area contributed by atoms with E-state index in [0.717, 1.165) is 26.0 Å². The molecule has 0 aliphatic rings. The molecule has 0 atom stereocenters. The van der Waals surface area contributed by atoms with E-state index in [4.69, 9.17) is 9.47 Å². The molecule has 5 nitrogen and oxygen atoms in total. The largest absolute Gasteiger partial charge is 0.385 e. The minimum Gasteiger partial charge on any atom is -0.385 e. The zero-order valence-electron chi connectivity index (χ0n) is 10.4. The molecule has 0 radical (unpaired) electrons. The normalized spacial score (nSPS) is 10.4. The van der Waals surface area contributed by atoms with Crippen molar-refractivity contribution in [1.82, 2.24) is 10.6 Å². The molecule has 0 bridgehead atoms. The second-order valence-corrected chi connectivity index (χ2v) is 3.49. The molecule has 0 saturated carbocycles. The van der Waals surface area contributed by atoms with Crippen LogP contribution in [-0.4, -0.2) is 52.5 Å². The molecule has 0 unspecified atom stereocenters. The van der Waals surface area contributed by atoms with E-state index in [1.165, 1.54) is 0 Å². The molecule has 0 aliphatic heterocycles. The first-order valence-electron chi connectivity index (χ1n) is 5.85. The first-order chi connectivity index (χ1) is 7.81. The Morgan fingerprint density at radius 2 is 2.00 bits per heavy atom. The summed E-state index contributed by atoms with van der Waals surface area (Å²) in [5, 5.41) is 5.81. The predicted octanol–water partition coefficient (Wildman–Crippen LogP) is 0.155. The summed E-state index contributed by atoms with van der Waals surface area (Å²) in [4.78, 5) is 11.1. The van der Waals surface area contributed by atoms with Gasteiger partial charge in [-0.25, -0.2) is 0 Å². The molecule has 16 heavy (non-hydrogen) atoms. The maximum atomic E-state index is 11.1. The van der Waals surface area contributed by atoms with Gasteiger partial charge < -0.3 is 20.1 Å². The monoisotopic (exact) mass is 232 g/mol. The summed E-state index contributed by atoms with van der Waals surface area (Å²) in [7, 11) is 1.68. The van der Waals surface area contributed by atoms with Crippen molar-refractivity contribution < 1.29 is 14.3 Å². The number of carbonyl (C=O) groups excluding carboxylic acids is 1. The van der Waals surface area contributed by atoms with Gasteiger partial charge in [0.2, 0.25) is 5.91 Å². The highest BCUT2D eigenvalue weighted by atomic mass is 16.5. The van der Waals surface area contributed by atoms with Crippen molar-refractivity contribution in [2.75, 3.05) is 46.6 Å². The van der Waals surface area contributed by atoms with Crippen LogP contribution in [0.1, 0.15) is 19.8 Å². The van der Waals surface area contributed by atoms with E-state index in [2.05, 4.69) is 10.6 Å². The number of ether oxygens (including phenoxy) is 2. The SMILES string of the molecule is CCCNC(=O)CNCCOCCCOC. The minimum absolute atomic E-state index is 0.0428. The van der Waals surface area contributed by atoms with Crippen LogP contribution in [0.15, 0.2) is 0 Å². The molecule has 2 N–H and O–H groups in total. The lowest BCUT2D eigenvalue weighted by Crippen LogP contribution is -2.35. The first-order valence-corrected chi connectivity index (χ1v) is 5.85. The molecule has 0 aromatic carbocycles. The number of amides is 1. The summed E-state index contributed by atoms with van der Waals surface area (Å²) in [6.07, 6.45) is 1.88. The minimum atomic E-state index is 0.0428. The van der Waals surface area contributed by atoms with Crippen molar-refractivity contribution >= 4 is 5.91 Å². The Kier molecular flexibility index (Phi) is 11.9.